The molecular weight excluding hydrogens is 280 g/mol. The third-order valence-electron chi connectivity index (χ3n) is 3.08. The summed E-state index contributed by atoms with van der Waals surface area (Å²) in [6.45, 7) is 0.837. The number of benzene rings is 2. The summed E-state index contributed by atoms with van der Waals surface area (Å²) in [7, 11) is 0. The SMILES string of the molecule is O=C(NCCOc1ccccc1)Nc1ccc2nc[nH]c2c1. The van der Waals surface area contributed by atoms with Gasteiger partial charge in [0.05, 0.1) is 23.9 Å². The fraction of sp³-hybridized carbons (Fsp3) is 0.125. The Bertz CT molecular complexity index is 755. The fourth-order valence-corrected chi connectivity index (χ4v) is 2.04. The molecule has 0 radical (unpaired) electrons. The van der Waals surface area contributed by atoms with E-state index in [9.17, 15) is 4.79 Å². The standard InChI is InChI=1S/C16H16N4O2/c21-16(17-8-9-22-13-4-2-1-3-5-13)20-12-6-7-14-15(10-12)19-11-18-14/h1-7,10-11H,8-9H2,(H,18,19)(H2,17,20,21). The third kappa shape index (κ3) is 3.54. The Balaban J connectivity index is 1.44. The highest BCUT2D eigenvalue weighted by atomic mass is 16.5. The first-order valence-electron chi connectivity index (χ1n) is 6.97. The van der Waals surface area contributed by atoms with Gasteiger partial charge in [0.25, 0.3) is 0 Å². The summed E-state index contributed by atoms with van der Waals surface area (Å²) in [4.78, 5) is 18.9. The summed E-state index contributed by atoms with van der Waals surface area (Å²) in [5, 5.41) is 5.51. The summed E-state index contributed by atoms with van der Waals surface area (Å²) in [5.41, 5.74) is 2.45. The number of urea groups is 1. The van der Waals surface area contributed by atoms with Crippen LogP contribution in [0.1, 0.15) is 0 Å². The van der Waals surface area contributed by atoms with Gasteiger partial charge in [-0.05, 0) is 30.3 Å². The predicted octanol–water partition coefficient (Wildman–Crippen LogP) is 2.76. The zero-order valence-corrected chi connectivity index (χ0v) is 11.9. The lowest BCUT2D eigenvalue weighted by Crippen LogP contribution is -2.32. The smallest absolute Gasteiger partial charge is 0.319 e. The number of imidazole rings is 1. The van der Waals surface area contributed by atoms with Crippen LogP contribution in [-0.4, -0.2) is 29.2 Å². The quantitative estimate of drug-likeness (QED) is 0.633. The zero-order chi connectivity index (χ0) is 15.2. The van der Waals surface area contributed by atoms with E-state index in [1.165, 1.54) is 0 Å². The molecule has 6 nitrogen and oxygen atoms in total. The largest absolute Gasteiger partial charge is 0.492 e. The van der Waals surface area contributed by atoms with Gasteiger partial charge in [-0.3, -0.25) is 0 Å². The van der Waals surface area contributed by atoms with Gasteiger partial charge in [0.2, 0.25) is 0 Å². The van der Waals surface area contributed by atoms with E-state index in [0.717, 1.165) is 16.8 Å². The van der Waals surface area contributed by atoms with Crippen LogP contribution in [0, 0.1) is 0 Å². The van der Waals surface area contributed by atoms with E-state index in [-0.39, 0.29) is 6.03 Å². The normalized spacial score (nSPS) is 10.4. The average molecular weight is 296 g/mol. The van der Waals surface area contributed by atoms with Gasteiger partial charge in [0, 0.05) is 5.69 Å². The van der Waals surface area contributed by atoms with Crippen LogP contribution in [0.4, 0.5) is 10.5 Å². The molecule has 0 saturated heterocycles. The van der Waals surface area contributed by atoms with E-state index in [4.69, 9.17) is 4.74 Å². The van der Waals surface area contributed by atoms with Gasteiger partial charge in [-0.1, -0.05) is 18.2 Å². The maximum atomic E-state index is 11.8. The maximum Gasteiger partial charge on any atom is 0.319 e. The number of aromatic amines is 1. The van der Waals surface area contributed by atoms with Gasteiger partial charge in [0.1, 0.15) is 12.4 Å². The number of anilines is 1. The molecule has 22 heavy (non-hydrogen) atoms. The molecule has 2 aromatic carbocycles. The van der Waals surface area contributed by atoms with Crippen molar-refractivity contribution in [2.24, 2.45) is 0 Å². The van der Waals surface area contributed by atoms with Crippen molar-refractivity contribution in [3.8, 4) is 5.75 Å². The molecule has 3 aromatic rings. The number of aromatic nitrogens is 2. The molecule has 0 spiro atoms. The Hall–Kier alpha value is -3.02. The third-order valence-corrected chi connectivity index (χ3v) is 3.08. The Morgan fingerprint density at radius 2 is 2.05 bits per heavy atom. The molecule has 0 aliphatic rings. The van der Waals surface area contributed by atoms with Crippen molar-refractivity contribution in [3.63, 3.8) is 0 Å². The van der Waals surface area contributed by atoms with Crippen molar-refractivity contribution >= 4 is 22.8 Å². The number of hydrogen-bond acceptors (Lipinski definition) is 3. The van der Waals surface area contributed by atoms with Crippen LogP contribution in [0.3, 0.4) is 0 Å². The summed E-state index contributed by atoms with van der Waals surface area (Å²) >= 11 is 0. The summed E-state index contributed by atoms with van der Waals surface area (Å²) in [5.74, 6) is 0.786. The van der Waals surface area contributed by atoms with Crippen molar-refractivity contribution in [1.29, 1.82) is 0 Å². The first-order chi connectivity index (χ1) is 10.8. The molecule has 0 bridgehead atoms. The molecule has 112 valence electrons. The molecule has 1 heterocycles. The monoisotopic (exact) mass is 296 g/mol. The lowest BCUT2D eigenvalue weighted by molar-refractivity contribution is 0.247. The van der Waals surface area contributed by atoms with Crippen LogP contribution < -0.4 is 15.4 Å². The molecule has 3 N–H and O–H groups in total. The number of rotatable bonds is 5. The van der Waals surface area contributed by atoms with Crippen LogP contribution in [0.2, 0.25) is 0 Å². The lowest BCUT2D eigenvalue weighted by atomic mass is 10.3. The topological polar surface area (TPSA) is 79.0 Å². The summed E-state index contributed by atoms with van der Waals surface area (Å²) in [6, 6.07) is 14.7. The Morgan fingerprint density at radius 3 is 2.91 bits per heavy atom. The van der Waals surface area contributed by atoms with E-state index in [1.54, 1.807) is 6.33 Å². The number of nitrogens with one attached hydrogen (secondary N) is 3. The van der Waals surface area contributed by atoms with Crippen molar-refractivity contribution in [1.82, 2.24) is 15.3 Å². The predicted molar refractivity (Wildman–Crippen MR) is 85.1 cm³/mol. The molecule has 6 heteroatoms. The van der Waals surface area contributed by atoms with Gasteiger partial charge in [-0.15, -0.1) is 0 Å². The second-order valence-electron chi connectivity index (χ2n) is 4.68. The van der Waals surface area contributed by atoms with Gasteiger partial charge in [-0.2, -0.15) is 0 Å². The van der Waals surface area contributed by atoms with Gasteiger partial charge < -0.3 is 20.4 Å². The maximum absolute atomic E-state index is 11.8. The molecule has 2 amide bonds. The highest BCUT2D eigenvalue weighted by Crippen LogP contribution is 2.15. The first kappa shape index (κ1) is 13.9. The number of nitrogens with zero attached hydrogens (tertiary/aromatic N) is 1. The van der Waals surface area contributed by atoms with Crippen LogP contribution in [0.5, 0.6) is 5.75 Å². The van der Waals surface area contributed by atoms with E-state index < -0.39 is 0 Å². The minimum atomic E-state index is -0.268. The minimum absolute atomic E-state index is 0.268. The molecule has 0 saturated carbocycles. The lowest BCUT2D eigenvalue weighted by Gasteiger charge is -2.09. The van der Waals surface area contributed by atoms with Crippen molar-refractivity contribution in [3.05, 3.63) is 54.9 Å². The van der Waals surface area contributed by atoms with Crippen LogP contribution in [0.25, 0.3) is 11.0 Å². The van der Waals surface area contributed by atoms with E-state index >= 15 is 0 Å². The van der Waals surface area contributed by atoms with Gasteiger partial charge in [-0.25, -0.2) is 9.78 Å². The number of carbonyl (C=O) groups excluding carboxylic acids is 1. The Labute approximate surface area is 127 Å². The summed E-state index contributed by atoms with van der Waals surface area (Å²) in [6.07, 6.45) is 1.62. The molecule has 0 fully saturated rings. The van der Waals surface area contributed by atoms with E-state index in [0.29, 0.717) is 18.8 Å². The van der Waals surface area contributed by atoms with Crippen molar-refractivity contribution < 1.29 is 9.53 Å². The fourth-order valence-electron chi connectivity index (χ4n) is 2.04. The molecular formula is C16H16N4O2. The van der Waals surface area contributed by atoms with E-state index in [1.807, 2.05) is 48.5 Å². The number of carbonyl (C=O) groups is 1. The molecule has 1 aromatic heterocycles. The van der Waals surface area contributed by atoms with Gasteiger partial charge >= 0.3 is 6.03 Å². The molecule has 0 aliphatic carbocycles. The highest BCUT2D eigenvalue weighted by molar-refractivity contribution is 5.91. The molecule has 3 rings (SSSR count). The Kier molecular flexibility index (Phi) is 4.20. The van der Waals surface area contributed by atoms with Crippen molar-refractivity contribution in [2.45, 2.75) is 0 Å². The van der Waals surface area contributed by atoms with Crippen LogP contribution in [0.15, 0.2) is 54.9 Å². The van der Waals surface area contributed by atoms with Crippen molar-refractivity contribution in [2.75, 3.05) is 18.5 Å². The molecule has 0 unspecified atom stereocenters. The summed E-state index contributed by atoms with van der Waals surface area (Å²) < 4.78 is 5.50. The van der Waals surface area contributed by atoms with Gasteiger partial charge in [0.15, 0.2) is 0 Å². The number of para-hydroxylation sites is 1. The molecule has 0 aliphatic heterocycles. The second kappa shape index (κ2) is 6.62. The number of ether oxygens (including phenoxy) is 1. The number of fused-ring (bicyclic) bond motifs is 1. The Morgan fingerprint density at radius 1 is 1.18 bits per heavy atom. The average Bonchev–Trinajstić information content (AvgIpc) is 3.00. The van der Waals surface area contributed by atoms with E-state index in [2.05, 4.69) is 20.6 Å². The second-order valence-corrected chi connectivity index (χ2v) is 4.68. The van der Waals surface area contributed by atoms with Crippen LogP contribution in [-0.2, 0) is 0 Å². The number of hydrogen-bond donors (Lipinski definition) is 3. The highest BCUT2D eigenvalue weighted by Gasteiger charge is 2.03. The zero-order valence-electron chi connectivity index (χ0n) is 11.9. The number of H-pyrrole nitrogens is 1. The number of amides is 2. The molecule has 0 atom stereocenters. The minimum Gasteiger partial charge on any atom is -0.492 e. The first-order valence-corrected chi connectivity index (χ1v) is 6.97. The van der Waals surface area contributed by atoms with Crippen LogP contribution >= 0.6 is 0 Å².